The number of rotatable bonds is 8. The molecule has 5 nitrogen and oxygen atoms in total. The minimum Gasteiger partial charge on any atom is -0.383 e. The van der Waals surface area contributed by atoms with Gasteiger partial charge in [0.2, 0.25) is 0 Å². The number of methoxy groups -OCH3 is 1. The van der Waals surface area contributed by atoms with Gasteiger partial charge >= 0.3 is 0 Å². The minimum atomic E-state index is -0.223. The van der Waals surface area contributed by atoms with Crippen molar-refractivity contribution in [2.24, 2.45) is 4.99 Å². The summed E-state index contributed by atoms with van der Waals surface area (Å²) in [4.78, 5) is 6.69. The summed E-state index contributed by atoms with van der Waals surface area (Å²) < 4.78 is 18.1. The molecular formula is C16H28FIN4O. The van der Waals surface area contributed by atoms with Gasteiger partial charge in [-0.3, -0.25) is 4.99 Å². The summed E-state index contributed by atoms with van der Waals surface area (Å²) in [5.74, 6) is 0.535. The molecule has 7 heteroatoms. The molecule has 0 fully saturated rings. The van der Waals surface area contributed by atoms with Crippen molar-refractivity contribution in [3.63, 3.8) is 0 Å². The van der Waals surface area contributed by atoms with E-state index in [0.717, 1.165) is 18.1 Å². The van der Waals surface area contributed by atoms with Gasteiger partial charge in [-0.15, -0.1) is 24.0 Å². The van der Waals surface area contributed by atoms with E-state index in [4.69, 9.17) is 4.74 Å². The highest BCUT2D eigenvalue weighted by atomic mass is 127. The molecule has 0 bridgehead atoms. The Bertz CT molecular complexity index is 454. The summed E-state index contributed by atoms with van der Waals surface area (Å²) in [6.45, 7) is 4.73. The molecule has 0 aliphatic heterocycles. The van der Waals surface area contributed by atoms with Crippen LogP contribution in [0.5, 0.6) is 0 Å². The number of benzene rings is 1. The molecule has 0 aliphatic rings. The highest BCUT2D eigenvalue weighted by Crippen LogP contribution is 2.18. The van der Waals surface area contributed by atoms with E-state index in [1.165, 1.54) is 12.1 Å². The van der Waals surface area contributed by atoms with Gasteiger partial charge < -0.3 is 20.3 Å². The van der Waals surface area contributed by atoms with Crippen molar-refractivity contribution in [2.45, 2.75) is 13.0 Å². The van der Waals surface area contributed by atoms with Gasteiger partial charge in [-0.1, -0.05) is 12.1 Å². The van der Waals surface area contributed by atoms with Gasteiger partial charge in [-0.2, -0.15) is 0 Å². The van der Waals surface area contributed by atoms with Crippen LogP contribution in [0, 0.1) is 5.82 Å². The molecule has 0 saturated heterocycles. The maximum Gasteiger partial charge on any atom is 0.191 e. The molecule has 0 saturated carbocycles. The van der Waals surface area contributed by atoms with Gasteiger partial charge in [0.05, 0.1) is 19.2 Å². The van der Waals surface area contributed by atoms with Crippen LogP contribution in [0.2, 0.25) is 0 Å². The van der Waals surface area contributed by atoms with E-state index < -0.39 is 0 Å². The molecule has 23 heavy (non-hydrogen) atoms. The van der Waals surface area contributed by atoms with E-state index in [2.05, 4.69) is 20.5 Å². The van der Waals surface area contributed by atoms with E-state index in [9.17, 15) is 4.39 Å². The fraction of sp³-hybridized carbons (Fsp3) is 0.562. The molecule has 1 aromatic carbocycles. The third kappa shape index (κ3) is 8.47. The second-order valence-corrected chi connectivity index (χ2v) is 5.17. The number of hydrogen-bond donors (Lipinski definition) is 2. The van der Waals surface area contributed by atoms with Crippen molar-refractivity contribution in [2.75, 3.05) is 47.4 Å². The lowest BCUT2D eigenvalue weighted by Crippen LogP contribution is -2.39. The number of aliphatic imine (C=N–C) groups is 1. The van der Waals surface area contributed by atoms with Crippen LogP contribution in [0.15, 0.2) is 29.3 Å². The summed E-state index contributed by atoms with van der Waals surface area (Å²) in [6.07, 6.45) is 0. The molecule has 2 N–H and O–H groups in total. The van der Waals surface area contributed by atoms with E-state index in [1.54, 1.807) is 19.2 Å². The average Bonchev–Trinajstić information content (AvgIpc) is 2.49. The topological polar surface area (TPSA) is 48.9 Å². The largest absolute Gasteiger partial charge is 0.383 e. The molecule has 1 rings (SSSR count). The summed E-state index contributed by atoms with van der Waals surface area (Å²) in [5, 5.41) is 6.41. The Morgan fingerprint density at radius 3 is 2.43 bits per heavy atom. The molecule has 0 heterocycles. The van der Waals surface area contributed by atoms with Crippen molar-refractivity contribution >= 4 is 29.9 Å². The van der Waals surface area contributed by atoms with Crippen LogP contribution in [0.3, 0.4) is 0 Å². The zero-order valence-corrected chi connectivity index (χ0v) is 16.6. The van der Waals surface area contributed by atoms with Crippen molar-refractivity contribution < 1.29 is 9.13 Å². The highest BCUT2D eigenvalue weighted by Gasteiger charge is 2.14. The normalized spacial score (nSPS) is 12.7. The maximum atomic E-state index is 13.1. The van der Waals surface area contributed by atoms with Gasteiger partial charge in [0.25, 0.3) is 0 Å². The Balaban J connectivity index is 0.00000484. The Kier molecular flexibility index (Phi) is 12.0. The smallest absolute Gasteiger partial charge is 0.191 e. The number of hydrogen-bond acceptors (Lipinski definition) is 3. The minimum absolute atomic E-state index is 0. The Morgan fingerprint density at radius 1 is 1.26 bits per heavy atom. The third-order valence-electron chi connectivity index (χ3n) is 3.24. The summed E-state index contributed by atoms with van der Waals surface area (Å²) in [7, 11) is 5.66. The molecule has 1 atom stereocenters. The summed E-state index contributed by atoms with van der Waals surface area (Å²) >= 11 is 0. The zero-order valence-electron chi connectivity index (χ0n) is 14.3. The number of nitrogens with zero attached hydrogens (tertiary/aromatic N) is 2. The zero-order chi connectivity index (χ0) is 16.4. The van der Waals surface area contributed by atoms with E-state index in [1.807, 2.05) is 21.0 Å². The van der Waals surface area contributed by atoms with Gasteiger partial charge in [-0.05, 0) is 38.7 Å². The van der Waals surface area contributed by atoms with Crippen LogP contribution in [0.25, 0.3) is 0 Å². The number of halogens is 2. The maximum absolute atomic E-state index is 13.1. The first-order valence-corrected chi connectivity index (χ1v) is 7.51. The van der Waals surface area contributed by atoms with Crippen LogP contribution in [0.1, 0.15) is 18.5 Å². The van der Waals surface area contributed by atoms with Crippen molar-refractivity contribution in [3.8, 4) is 0 Å². The van der Waals surface area contributed by atoms with Gasteiger partial charge in [0.1, 0.15) is 5.82 Å². The predicted octanol–water partition coefficient (Wildman–Crippen LogP) is 2.25. The fourth-order valence-electron chi connectivity index (χ4n) is 2.04. The summed E-state index contributed by atoms with van der Waals surface area (Å²) in [6, 6.07) is 6.68. The average molecular weight is 438 g/mol. The lowest BCUT2D eigenvalue weighted by molar-refractivity contribution is 0.203. The van der Waals surface area contributed by atoms with E-state index in [0.29, 0.717) is 19.7 Å². The van der Waals surface area contributed by atoms with Gasteiger partial charge in [-0.25, -0.2) is 4.39 Å². The van der Waals surface area contributed by atoms with Crippen LogP contribution in [0.4, 0.5) is 4.39 Å². The number of likely N-dealkylation sites (N-methyl/N-ethyl adjacent to an activating group) is 1. The highest BCUT2D eigenvalue weighted by molar-refractivity contribution is 14.0. The number of ether oxygens (including phenoxy) is 1. The Hall–Kier alpha value is -0.930. The SMILES string of the molecule is CCNC(=NCC(c1ccc(F)cc1)N(C)C)NCCOC.I. The molecule has 0 aliphatic carbocycles. The summed E-state index contributed by atoms with van der Waals surface area (Å²) in [5.41, 5.74) is 1.04. The number of nitrogens with one attached hydrogen (secondary N) is 2. The first-order valence-electron chi connectivity index (χ1n) is 7.51. The van der Waals surface area contributed by atoms with Gasteiger partial charge in [0, 0.05) is 20.2 Å². The lowest BCUT2D eigenvalue weighted by atomic mass is 10.1. The van der Waals surface area contributed by atoms with Crippen molar-refractivity contribution in [1.82, 2.24) is 15.5 Å². The van der Waals surface area contributed by atoms with Crippen LogP contribution in [-0.4, -0.2) is 58.3 Å². The molecule has 1 unspecified atom stereocenters. The van der Waals surface area contributed by atoms with Crippen LogP contribution >= 0.6 is 24.0 Å². The molecule has 0 aromatic heterocycles. The second-order valence-electron chi connectivity index (χ2n) is 5.17. The molecule has 0 spiro atoms. The first kappa shape index (κ1) is 22.1. The molecule has 1 aromatic rings. The molecule has 0 radical (unpaired) electrons. The monoisotopic (exact) mass is 438 g/mol. The molecule has 132 valence electrons. The van der Waals surface area contributed by atoms with Gasteiger partial charge in [0.15, 0.2) is 5.96 Å². The Labute approximate surface area is 155 Å². The quantitative estimate of drug-likeness (QED) is 0.283. The third-order valence-corrected chi connectivity index (χ3v) is 3.24. The standard InChI is InChI=1S/C16H27FN4O.HI/c1-5-18-16(19-10-11-22-4)20-12-15(21(2)3)13-6-8-14(17)9-7-13;/h6-9,15H,5,10-12H2,1-4H3,(H2,18,19,20);1H. The lowest BCUT2D eigenvalue weighted by Gasteiger charge is -2.23. The first-order chi connectivity index (χ1) is 10.6. The fourth-order valence-corrected chi connectivity index (χ4v) is 2.04. The van der Waals surface area contributed by atoms with Crippen LogP contribution < -0.4 is 10.6 Å². The molecule has 0 amide bonds. The van der Waals surface area contributed by atoms with Crippen LogP contribution in [-0.2, 0) is 4.74 Å². The second kappa shape index (κ2) is 12.5. The number of guanidine groups is 1. The van der Waals surface area contributed by atoms with E-state index >= 15 is 0 Å². The van der Waals surface area contributed by atoms with E-state index in [-0.39, 0.29) is 35.8 Å². The van der Waals surface area contributed by atoms with Crippen molar-refractivity contribution in [1.29, 1.82) is 0 Å². The molecular weight excluding hydrogens is 410 g/mol. The van der Waals surface area contributed by atoms with Crippen molar-refractivity contribution in [3.05, 3.63) is 35.6 Å². The predicted molar refractivity (Wildman–Crippen MR) is 104 cm³/mol. The Morgan fingerprint density at radius 2 is 1.91 bits per heavy atom.